The summed E-state index contributed by atoms with van der Waals surface area (Å²) in [6, 6.07) is 10.9. The Balaban J connectivity index is 2.00. The van der Waals surface area contributed by atoms with Crippen LogP contribution in [0.1, 0.15) is 22.3 Å². The molecule has 2 rings (SSSR count). The molecule has 0 aliphatic heterocycles. The molecule has 0 saturated heterocycles. The molecule has 2 aromatic rings. The first-order valence-corrected chi connectivity index (χ1v) is 8.13. The number of phenolic OH excluding ortho intramolecular Hbond substituents is 1. The highest BCUT2D eigenvalue weighted by atomic mass is 16.5. The summed E-state index contributed by atoms with van der Waals surface area (Å²) in [6.07, 6.45) is 6.54. The van der Waals surface area contributed by atoms with Crippen molar-refractivity contribution in [1.29, 1.82) is 0 Å². The van der Waals surface area contributed by atoms with E-state index in [-0.39, 0.29) is 11.5 Å². The Labute approximate surface area is 148 Å². The lowest BCUT2D eigenvalue weighted by molar-refractivity contribution is -0.110. The minimum atomic E-state index is -0.105. The van der Waals surface area contributed by atoms with Gasteiger partial charge >= 0.3 is 0 Å². The topological polar surface area (TPSA) is 72.5 Å². The number of rotatable bonds is 7. The fourth-order valence-corrected chi connectivity index (χ4v) is 2.30. The summed E-state index contributed by atoms with van der Waals surface area (Å²) in [5.74, 6) is 0.945. The third-order valence-corrected chi connectivity index (χ3v) is 3.68. The van der Waals surface area contributed by atoms with Crippen molar-refractivity contribution >= 4 is 17.9 Å². The molecule has 0 aliphatic carbocycles. The Hall–Kier alpha value is -2.85. The molecule has 4 nitrogen and oxygen atoms in total. The second-order valence-electron chi connectivity index (χ2n) is 5.78. The number of carbonyl (C=O) groups excluding carboxylic acids is 1. The first-order chi connectivity index (χ1) is 12.0. The molecular weight excluding hydrogens is 314 g/mol. The predicted octanol–water partition coefficient (Wildman–Crippen LogP) is 3.64. The number of hydrogen-bond acceptors (Lipinski definition) is 4. The molecule has 3 N–H and O–H groups in total. The molecule has 130 valence electrons. The average molecular weight is 337 g/mol. The molecule has 0 bridgehead atoms. The van der Waals surface area contributed by atoms with Crippen LogP contribution >= 0.6 is 0 Å². The zero-order chi connectivity index (χ0) is 18.2. The highest BCUT2D eigenvalue weighted by molar-refractivity contribution is 6.04. The summed E-state index contributed by atoms with van der Waals surface area (Å²) in [7, 11) is 0. The first kappa shape index (κ1) is 18.5. The van der Waals surface area contributed by atoms with E-state index in [2.05, 4.69) is 0 Å². The standard InChI is InChI=1S/C21H23NO3/c1-15-13-17(5-9-20(15)24)3-7-19(23)8-4-18-6-10-21(16(2)14-18)25-12-11-22/h3-10,13-14,24H,11-12,22H2,1-2H3/b7-3+,8-4+. The number of phenols is 1. The molecule has 4 heteroatoms. The van der Waals surface area contributed by atoms with Crippen molar-refractivity contribution in [3.63, 3.8) is 0 Å². The Bertz CT molecular complexity index is 807. The maximum atomic E-state index is 12.0. The first-order valence-electron chi connectivity index (χ1n) is 8.13. The van der Waals surface area contributed by atoms with E-state index in [1.54, 1.807) is 24.3 Å². The molecule has 0 fully saturated rings. The number of hydrogen-bond donors (Lipinski definition) is 2. The van der Waals surface area contributed by atoms with Gasteiger partial charge in [-0.3, -0.25) is 4.79 Å². The van der Waals surface area contributed by atoms with Gasteiger partial charge < -0.3 is 15.6 Å². The summed E-state index contributed by atoms with van der Waals surface area (Å²) in [6.45, 7) is 4.73. The monoisotopic (exact) mass is 337 g/mol. The highest BCUT2D eigenvalue weighted by Crippen LogP contribution is 2.20. The predicted molar refractivity (Wildman–Crippen MR) is 102 cm³/mol. The summed E-state index contributed by atoms with van der Waals surface area (Å²) in [5.41, 5.74) is 9.00. The lowest BCUT2D eigenvalue weighted by Crippen LogP contribution is -2.11. The molecule has 0 saturated carbocycles. The van der Waals surface area contributed by atoms with Crippen LogP contribution in [0.5, 0.6) is 11.5 Å². The molecule has 0 amide bonds. The van der Waals surface area contributed by atoms with Crippen molar-refractivity contribution in [1.82, 2.24) is 0 Å². The maximum absolute atomic E-state index is 12.0. The van der Waals surface area contributed by atoms with Gasteiger partial charge in [0.05, 0.1) is 0 Å². The van der Waals surface area contributed by atoms with E-state index in [9.17, 15) is 9.90 Å². The van der Waals surface area contributed by atoms with E-state index in [1.165, 1.54) is 12.2 Å². The Morgan fingerprint density at radius 2 is 1.64 bits per heavy atom. The number of allylic oxidation sites excluding steroid dienone is 2. The van der Waals surface area contributed by atoms with Gasteiger partial charge in [0.2, 0.25) is 0 Å². The van der Waals surface area contributed by atoms with Crippen LogP contribution in [0.25, 0.3) is 12.2 Å². The number of nitrogens with two attached hydrogens (primary N) is 1. The third-order valence-electron chi connectivity index (χ3n) is 3.68. The highest BCUT2D eigenvalue weighted by Gasteiger charge is 2.00. The Morgan fingerprint density at radius 3 is 2.20 bits per heavy atom. The van der Waals surface area contributed by atoms with E-state index in [0.29, 0.717) is 13.2 Å². The van der Waals surface area contributed by atoms with Gasteiger partial charge in [-0.25, -0.2) is 0 Å². The zero-order valence-electron chi connectivity index (χ0n) is 14.5. The molecule has 0 atom stereocenters. The molecular formula is C21H23NO3. The van der Waals surface area contributed by atoms with Gasteiger partial charge in [0.15, 0.2) is 5.78 Å². The van der Waals surface area contributed by atoms with Gasteiger partial charge in [-0.15, -0.1) is 0 Å². The molecule has 0 heterocycles. The fraction of sp³-hybridized carbons (Fsp3) is 0.190. The van der Waals surface area contributed by atoms with Crippen molar-refractivity contribution in [2.24, 2.45) is 5.73 Å². The van der Waals surface area contributed by atoms with Gasteiger partial charge in [0, 0.05) is 6.54 Å². The zero-order valence-corrected chi connectivity index (χ0v) is 14.5. The van der Waals surface area contributed by atoms with Crippen molar-refractivity contribution < 1.29 is 14.6 Å². The Kier molecular flexibility index (Phi) is 6.54. The fourth-order valence-electron chi connectivity index (χ4n) is 2.30. The number of carbonyl (C=O) groups is 1. The summed E-state index contributed by atoms with van der Waals surface area (Å²) >= 11 is 0. The summed E-state index contributed by atoms with van der Waals surface area (Å²) in [5, 5.41) is 9.50. The minimum absolute atomic E-state index is 0.105. The lowest BCUT2D eigenvalue weighted by Gasteiger charge is -2.08. The van der Waals surface area contributed by atoms with Crippen LogP contribution in [0.3, 0.4) is 0 Å². The maximum Gasteiger partial charge on any atom is 0.178 e. The number of aryl methyl sites for hydroxylation is 2. The number of ketones is 1. The molecule has 0 aromatic heterocycles. The molecule has 25 heavy (non-hydrogen) atoms. The summed E-state index contributed by atoms with van der Waals surface area (Å²) in [4.78, 5) is 12.0. The van der Waals surface area contributed by atoms with Crippen LogP contribution in [0, 0.1) is 13.8 Å². The van der Waals surface area contributed by atoms with Crippen LogP contribution in [0.15, 0.2) is 48.6 Å². The normalized spacial score (nSPS) is 11.3. The van der Waals surface area contributed by atoms with E-state index in [4.69, 9.17) is 10.5 Å². The molecule has 0 spiro atoms. The molecule has 2 aromatic carbocycles. The number of aromatic hydroxyl groups is 1. The van der Waals surface area contributed by atoms with E-state index < -0.39 is 0 Å². The third kappa shape index (κ3) is 5.62. The van der Waals surface area contributed by atoms with Gasteiger partial charge in [0.1, 0.15) is 18.1 Å². The van der Waals surface area contributed by atoms with Crippen molar-refractivity contribution in [3.05, 3.63) is 70.8 Å². The second kappa shape index (κ2) is 8.85. The van der Waals surface area contributed by atoms with E-state index in [1.807, 2.05) is 38.1 Å². The summed E-state index contributed by atoms with van der Waals surface area (Å²) < 4.78 is 5.53. The van der Waals surface area contributed by atoms with Crippen LogP contribution in [-0.4, -0.2) is 24.0 Å². The van der Waals surface area contributed by atoms with Gasteiger partial charge in [-0.2, -0.15) is 0 Å². The van der Waals surface area contributed by atoms with Crippen LogP contribution in [-0.2, 0) is 4.79 Å². The van der Waals surface area contributed by atoms with Crippen LogP contribution < -0.4 is 10.5 Å². The van der Waals surface area contributed by atoms with Gasteiger partial charge in [0.25, 0.3) is 0 Å². The van der Waals surface area contributed by atoms with Crippen molar-refractivity contribution in [3.8, 4) is 11.5 Å². The SMILES string of the molecule is Cc1cc(/C=C/C(=O)/C=C/c2ccc(OCCN)c(C)c2)ccc1O. The Morgan fingerprint density at radius 1 is 1.04 bits per heavy atom. The average Bonchev–Trinajstić information content (AvgIpc) is 2.60. The molecule has 0 radical (unpaired) electrons. The van der Waals surface area contributed by atoms with E-state index >= 15 is 0 Å². The van der Waals surface area contributed by atoms with Crippen molar-refractivity contribution in [2.75, 3.05) is 13.2 Å². The number of ether oxygens (including phenoxy) is 1. The lowest BCUT2D eigenvalue weighted by atomic mass is 10.1. The quantitative estimate of drug-likeness (QED) is 0.757. The minimum Gasteiger partial charge on any atom is -0.508 e. The largest absolute Gasteiger partial charge is 0.508 e. The van der Waals surface area contributed by atoms with Crippen molar-refractivity contribution in [2.45, 2.75) is 13.8 Å². The van der Waals surface area contributed by atoms with Gasteiger partial charge in [-0.05, 0) is 72.5 Å². The van der Waals surface area contributed by atoms with Crippen LogP contribution in [0.2, 0.25) is 0 Å². The molecule has 0 unspecified atom stereocenters. The molecule has 0 aliphatic rings. The number of benzene rings is 2. The van der Waals surface area contributed by atoms with Crippen LogP contribution in [0.4, 0.5) is 0 Å². The smallest absolute Gasteiger partial charge is 0.178 e. The van der Waals surface area contributed by atoms with E-state index in [0.717, 1.165) is 28.0 Å². The second-order valence-corrected chi connectivity index (χ2v) is 5.78. The van der Waals surface area contributed by atoms with Gasteiger partial charge in [-0.1, -0.05) is 24.3 Å².